The van der Waals surface area contributed by atoms with Crippen molar-refractivity contribution in [1.29, 1.82) is 0 Å². The van der Waals surface area contributed by atoms with Gasteiger partial charge in [-0.25, -0.2) is 13.6 Å². The van der Waals surface area contributed by atoms with Gasteiger partial charge >= 0.3 is 12.1 Å². The lowest BCUT2D eigenvalue weighted by molar-refractivity contribution is -0.150. The molecule has 0 aromatic carbocycles. The molecule has 1 aliphatic carbocycles. The van der Waals surface area contributed by atoms with E-state index in [2.05, 4.69) is 5.32 Å². The number of carbonyl (C=O) groups excluding carboxylic acids is 1. The Morgan fingerprint density at radius 1 is 1.32 bits per heavy atom. The van der Waals surface area contributed by atoms with Crippen molar-refractivity contribution in [2.24, 2.45) is 5.92 Å². The molecular weight excluding hydrogens is 260 g/mol. The maximum atomic E-state index is 13.4. The molecule has 0 unspecified atom stereocenters. The maximum absolute atomic E-state index is 13.4. The molecule has 0 bridgehead atoms. The Kier molecular flexibility index (Phi) is 4.37. The third-order valence-electron chi connectivity index (χ3n) is 2.73. The van der Waals surface area contributed by atoms with Gasteiger partial charge in [0.25, 0.3) is 5.92 Å². The monoisotopic (exact) mass is 279 g/mol. The summed E-state index contributed by atoms with van der Waals surface area (Å²) in [6.45, 7) is 4.96. The fourth-order valence-electron chi connectivity index (χ4n) is 2.09. The Morgan fingerprint density at radius 2 is 1.89 bits per heavy atom. The molecule has 7 heteroatoms. The number of amides is 1. The van der Waals surface area contributed by atoms with E-state index in [0.717, 1.165) is 0 Å². The van der Waals surface area contributed by atoms with Gasteiger partial charge in [0.05, 0.1) is 5.92 Å². The minimum Gasteiger partial charge on any atom is -0.481 e. The molecule has 1 rings (SSSR count). The second-order valence-corrected chi connectivity index (χ2v) is 5.88. The molecule has 2 atom stereocenters. The molecule has 5 nitrogen and oxygen atoms in total. The van der Waals surface area contributed by atoms with Crippen LogP contribution in [-0.4, -0.2) is 34.7 Å². The topological polar surface area (TPSA) is 75.6 Å². The summed E-state index contributed by atoms with van der Waals surface area (Å²) < 4.78 is 31.8. The summed E-state index contributed by atoms with van der Waals surface area (Å²) in [6, 6.07) is -0.889. The first-order chi connectivity index (χ1) is 8.48. The highest BCUT2D eigenvalue weighted by Gasteiger charge is 2.44. The van der Waals surface area contributed by atoms with Crippen LogP contribution in [0.3, 0.4) is 0 Å². The van der Waals surface area contributed by atoms with Crippen LogP contribution in [0, 0.1) is 5.92 Å². The Hall–Kier alpha value is -1.40. The Labute approximate surface area is 110 Å². The molecule has 1 aliphatic rings. The van der Waals surface area contributed by atoms with Crippen LogP contribution in [0.1, 0.15) is 40.0 Å². The molecule has 0 aromatic heterocycles. The van der Waals surface area contributed by atoms with Crippen LogP contribution in [0.4, 0.5) is 13.6 Å². The van der Waals surface area contributed by atoms with Crippen molar-refractivity contribution in [3.05, 3.63) is 0 Å². The molecular formula is C12H19F2NO4. The fraction of sp³-hybridized carbons (Fsp3) is 0.833. The fourth-order valence-corrected chi connectivity index (χ4v) is 2.09. The lowest BCUT2D eigenvalue weighted by Crippen LogP contribution is -2.47. The molecule has 0 aromatic rings. The molecule has 1 amide bonds. The molecule has 110 valence electrons. The number of carbonyl (C=O) groups is 2. The first-order valence-electron chi connectivity index (χ1n) is 6.09. The average molecular weight is 279 g/mol. The number of alkyl carbamates (subject to hydrolysis) is 1. The number of aliphatic carboxylic acids is 1. The Balaban J connectivity index is 2.62. The summed E-state index contributed by atoms with van der Waals surface area (Å²) in [6.07, 6.45) is -2.06. The zero-order valence-electron chi connectivity index (χ0n) is 11.2. The normalized spacial score (nSPS) is 26.6. The summed E-state index contributed by atoms with van der Waals surface area (Å²) in [5.41, 5.74) is -0.729. The molecule has 1 fully saturated rings. The Morgan fingerprint density at radius 3 is 2.37 bits per heavy atom. The number of hydrogen-bond acceptors (Lipinski definition) is 3. The number of nitrogens with one attached hydrogen (secondary N) is 1. The van der Waals surface area contributed by atoms with Gasteiger partial charge in [0.2, 0.25) is 0 Å². The van der Waals surface area contributed by atoms with E-state index < -0.39 is 48.4 Å². The summed E-state index contributed by atoms with van der Waals surface area (Å²) in [5.74, 6) is -5.50. The van der Waals surface area contributed by atoms with E-state index in [0.29, 0.717) is 0 Å². The largest absolute Gasteiger partial charge is 0.481 e. The second-order valence-electron chi connectivity index (χ2n) is 5.88. The first-order valence-corrected chi connectivity index (χ1v) is 6.09. The highest BCUT2D eigenvalue weighted by molar-refractivity contribution is 5.71. The number of carboxylic acids is 1. The molecule has 2 N–H and O–H groups in total. The van der Waals surface area contributed by atoms with Crippen LogP contribution in [0.2, 0.25) is 0 Å². The second kappa shape index (κ2) is 5.30. The summed E-state index contributed by atoms with van der Waals surface area (Å²) in [7, 11) is 0. The average Bonchev–Trinajstić information content (AvgIpc) is 2.10. The molecule has 0 heterocycles. The number of hydrogen-bond donors (Lipinski definition) is 2. The van der Waals surface area contributed by atoms with Gasteiger partial charge in [-0.15, -0.1) is 0 Å². The van der Waals surface area contributed by atoms with E-state index in [1.807, 2.05) is 0 Å². The van der Waals surface area contributed by atoms with Gasteiger partial charge in [-0.1, -0.05) is 0 Å². The van der Waals surface area contributed by atoms with Crippen molar-refractivity contribution >= 4 is 12.1 Å². The lowest BCUT2D eigenvalue weighted by Gasteiger charge is -2.33. The van der Waals surface area contributed by atoms with E-state index in [1.165, 1.54) is 0 Å². The van der Waals surface area contributed by atoms with Crippen LogP contribution < -0.4 is 5.32 Å². The number of halogens is 2. The predicted molar refractivity (Wildman–Crippen MR) is 63.1 cm³/mol. The van der Waals surface area contributed by atoms with Crippen molar-refractivity contribution in [2.75, 3.05) is 0 Å². The van der Waals surface area contributed by atoms with Crippen LogP contribution in [0.25, 0.3) is 0 Å². The van der Waals surface area contributed by atoms with E-state index >= 15 is 0 Å². The lowest BCUT2D eigenvalue weighted by atomic mass is 9.83. The van der Waals surface area contributed by atoms with Crippen LogP contribution >= 0.6 is 0 Å². The minimum absolute atomic E-state index is 0.00976. The first kappa shape index (κ1) is 15.7. The number of carboxylic acid groups (broad SMARTS) is 1. The maximum Gasteiger partial charge on any atom is 0.407 e. The quantitative estimate of drug-likeness (QED) is 0.813. The Bertz CT molecular complexity index is 365. The molecule has 19 heavy (non-hydrogen) atoms. The van der Waals surface area contributed by atoms with Crippen molar-refractivity contribution in [2.45, 2.75) is 57.6 Å². The molecule has 0 spiro atoms. The van der Waals surface area contributed by atoms with Gasteiger partial charge in [0, 0.05) is 18.9 Å². The highest BCUT2D eigenvalue weighted by atomic mass is 19.3. The summed E-state index contributed by atoms with van der Waals surface area (Å²) >= 11 is 0. The minimum atomic E-state index is -3.08. The zero-order valence-corrected chi connectivity index (χ0v) is 11.2. The van der Waals surface area contributed by atoms with Crippen LogP contribution in [-0.2, 0) is 9.53 Å². The van der Waals surface area contributed by atoms with Crippen molar-refractivity contribution < 1.29 is 28.2 Å². The van der Waals surface area contributed by atoms with Gasteiger partial charge in [-0.05, 0) is 27.2 Å². The van der Waals surface area contributed by atoms with Crippen LogP contribution in [0.5, 0.6) is 0 Å². The molecule has 0 saturated heterocycles. The van der Waals surface area contributed by atoms with Crippen molar-refractivity contribution in [1.82, 2.24) is 5.32 Å². The van der Waals surface area contributed by atoms with Gasteiger partial charge in [-0.3, -0.25) is 4.79 Å². The number of rotatable bonds is 2. The zero-order chi connectivity index (χ0) is 14.8. The van der Waals surface area contributed by atoms with E-state index in [-0.39, 0.29) is 6.42 Å². The van der Waals surface area contributed by atoms with Gasteiger partial charge < -0.3 is 15.2 Å². The SMILES string of the molecule is CC(C)(C)OC(=O)N[C@@H]1C[C@@H](C(=O)O)CC(F)(F)C1. The predicted octanol–water partition coefficient (Wildman–Crippen LogP) is 2.40. The van der Waals surface area contributed by atoms with Crippen molar-refractivity contribution in [3.63, 3.8) is 0 Å². The van der Waals surface area contributed by atoms with Crippen LogP contribution in [0.15, 0.2) is 0 Å². The standard InChI is InChI=1S/C12H19F2NO4/c1-11(2,3)19-10(18)15-8-4-7(9(16)17)5-12(13,14)6-8/h7-8H,4-6H2,1-3H3,(H,15,18)(H,16,17)/t7-,8-/m1/s1. The highest BCUT2D eigenvalue weighted by Crippen LogP contribution is 2.37. The third-order valence-corrected chi connectivity index (χ3v) is 2.73. The molecule has 0 radical (unpaired) electrons. The summed E-state index contributed by atoms with van der Waals surface area (Å²) in [4.78, 5) is 22.3. The van der Waals surface area contributed by atoms with Gasteiger partial charge in [-0.2, -0.15) is 0 Å². The summed E-state index contributed by atoms with van der Waals surface area (Å²) in [5, 5.41) is 11.1. The van der Waals surface area contributed by atoms with E-state index in [4.69, 9.17) is 9.84 Å². The molecule has 0 aliphatic heterocycles. The van der Waals surface area contributed by atoms with E-state index in [9.17, 15) is 18.4 Å². The number of alkyl halides is 2. The number of ether oxygens (including phenoxy) is 1. The van der Waals surface area contributed by atoms with E-state index in [1.54, 1.807) is 20.8 Å². The van der Waals surface area contributed by atoms with Crippen molar-refractivity contribution in [3.8, 4) is 0 Å². The van der Waals surface area contributed by atoms with Gasteiger partial charge in [0.15, 0.2) is 0 Å². The smallest absolute Gasteiger partial charge is 0.407 e. The van der Waals surface area contributed by atoms with Gasteiger partial charge in [0.1, 0.15) is 5.60 Å². The molecule has 1 saturated carbocycles. The third kappa shape index (κ3) is 5.40.